The van der Waals surface area contributed by atoms with Crippen molar-refractivity contribution in [2.75, 3.05) is 0 Å². The van der Waals surface area contributed by atoms with Crippen molar-refractivity contribution in [2.24, 2.45) is 5.92 Å². The average Bonchev–Trinajstić information content (AvgIpc) is 2.17. The van der Waals surface area contributed by atoms with E-state index in [1.54, 1.807) is 0 Å². The van der Waals surface area contributed by atoms with Crippen molar-refractivity contribution >= 4 is 0 Å². The summed E-state index contributed by atoms with van der Waals surface area (Å²) >= 11 is 0. The molecule has 0 fully saturated rings. The predicted octanol–water partition coefficient (Wildman–Crippen LogP) is 3.08. The highest BCUT2D eigenvalue weighted by atomic mass is 14.0. The summed E-state index contributed by atoms with van der Waals surface area (Å²) in [6.07, 6.45) is 15.6. The maximum atomic E-state index is 2.28. The zero-order valence-electron chi connectivity index (χ0n) is 6.46. The van der Waals surface area contributed by atoms with Gasteiger partial charge < -0.3 is 0 Å². The Morgan fingerprint density at radius 1 is 1.30 bits per heavy atom. The first-order valence-corrected chi connectivity index (χ1v) is 3.88. The average molecular weight is 134 g/mol. The summed E-state index contributed by atoms with van der Waals surface area (Å²) in [5.41, 5.74) is 0. The van der Waals surface area contributed by atoms with E-state index in [9.17, 15) is 0 Å². The third kappa shape index (κ3) is 2.22. The molecule has 0 heteroatoms. The minimum Gasteiger partial charge on any atom is -0.0911 e. The molecule has 1 aliphatic carbocycles. The van der Waals surface area contributed by atoms with E-state index in [0.29, 0.717) is 5.92 Å². The van der Waals surface area contributed by atoms with Crippen LogP contribution >= 0.6 is 0 Å². The first kappa shape index (κ1) is 7.33. The fourth-order valence-electron chi connectivity index (χ4n) is 1.15. The largest absolute Gasteiger partial charge is 0.0911 e. The smallest absolute Gasteiger partial charge is 0.00190 e. The van der Waals surface area contributed by atoms with E-state index in [0.717, 1.165) is 6.42 Å². The predicted molar refractivity (Wildman–Crippen MR) is 45.8 cm³/mol. The van der Waals surface area contributed by atoms with Gasteiger partial charge in [0.15, 0.2) is 0 Å². The fourth-order valence-corrected chi connectivity index (χ4v) is 1.15. The van der Waals surface area contributed by atoms with Crippen LogP contribution in [-0.4, -0.2) is 0 Å². The summed E-state index contributed by atoms with van der Waals surface area (Å²) in [5.74, 6) is 0.642. The lowest BCUT2D eigenvalue weighted by Crippen LogP contribution is -1.86. The molecule has 1 aliphatic rings. The van der Waals surface area contributed by atoms with Gasteiger partial charge in [0.05, 0.1) is 0 Å². The summed E-state index contributed by atoms with van der Waals surface area (Å²) in [6, 6.07) is 0. The normalized spacial score (nSPS) is 25.5. The van der Waals surface area contributed by atoms with E-state index in [-0.39, 0.29) is 0 Å². The monoisotopic (exact) mass is 134 g/mol. The van der Waals surface area contributed by atoms with Crippen molar-refractivity contribution in [1.82, 2.24) is 0 Å². The molecule has 0 saturated heterocycles. The first-order chi connectivity index (χ1) is 4.93. The van der Waals surface area contributed by atoms with Gasteiger partial charge in [0.25, 0.3) is 0 Å². The topological polar surface area (TPSA) is 0 Å². The molecule has 0 nitrogen and oxygen atoms in total. The molecule has 0 saturated carbocycles. The number of rotatable bonds is 1. The highest BCUT2D eigenvalue weighted by molar-refractivity contribution is 5.08. The van der Waals surface area contributed by atoms with Crippen molar-refractivity contribution in [3.05, 3.63) is 36.5 Å². The summed E-state index contributed by atoms with van der Waals surface area (Å²) in [6.45, 7) is 2.07. The van der Waals surface area contributed by atoms with E-state index in [1.807, 2.05) is 0 Å². The molecule has 0 N–H and O–H groups in total. The van der Waals surface area contributed by atoms with Gasteiger partial charge in [-0.2, -0.15) is 0 Å². The van der Waals surface area contributed by atoms with Gasteiger partial charge in [-0.15, -0.1) is 0 Å². The molecule has 1 rings (SSSR count). The van der Waals surface area contributed by atoms with Gasteiger partial charge in [0.1, 0.15) is 0 Å². The second-order valence-electron chi connectivity index (χ2n) is 2.56. The number of allylic oxidation sites excluding steroid dienone is 6. The van der Waals surface area contributed by atoms with Crippen molar-refractivity contribution in [2.45, 2.75) is 19.8 Å². The Balaban J connectivity index is 2.51. The quantitative estimate of drug-likeness (QED) is 0.483. The van der Waals surface area contributed by atoms with Crippen LogP contribution in [0.1, 0.15) is 19.8 Å². The Labute approximate surface area is 62.9 Å². The third-order valence-corrected chi connectivity index (χ3v) is 1.67. The van der Waals surface area contributed by atoms with Crippen LogP contribution < -0.4 is 0 Å². The molecule has 0 aliphatic heterocycles. The van der Waals surface area contributed by atoms with E-state index in [1.165, 1.54) is 6.42 Å². The van der Waals surface area contributed by atoms with Crippen LogP contribution in [0.3, 0.4) is 0 Å². The minimum absolute atomic E-state index is 0.642. The van der Waals surface area contributed by atoms with E-state index >= 15 is 0 Å². The second-order valence-corrected chi connectivity index (χ2v) is 2.56. The molecule has 54 valence electrons. The van der Waals surface area contributed by atoms with Crippen LogP contribution in [0.4, 0.5) is 0 Å². The van der Waals surface area contributed by atoms with Crippen molar-refractivity contribution in [3.8, 4) is 0 Å². The maximum absolute atomic E-state index is 2.28. The zero-order valence-corrected chi connectivity index (χ0v) is 6.46. The molecule has 0 aromatic carbocycles. The number of hydrogen-bond donors (Lipinski definition) is 0. The van der Waals surface area contributed by atoms with Crippen LogP contribution in [0.2, 0.25) is 0 Å². The van der Waals surface area contributed by atoms with Gasteiger partial charge in [-0.05, 0) is 25.7 Å². The minimum atomic E-state index is 0.642. The van der Waals surface area contributed by atoms with Crippen molar-refractivity contribution < 1.29 is 0 Å². The van der Waals surface area contributed by atoms with Crippen molar-refractivity contribution in [3.63, 3.8) is 0 Å². The van der Waals surface area contributed by atoms with Gasteiger partial charge in [-0.1, -0.05) is 36.5 Å². The van der Waals surface area contributed by atoms with Gasteiger partial charge in [0.2, 0.25) is 0 Å². The molecule has 0 aromatic heterocycles. The van der Waals surface area contributed by atoms with Crippen LogP contribution in [0.5, 0.6) is 0 Å². The fraction of sp³-hybridized carbons (Fsp3) is 0.400. The Kier molecular flexibility index (Phi) is 3.01. The Morgan fingerprint density at radius 2 is 2.20 bits per heavy atom. The SMILES string of the molecule is C/C=C/C1C=CCC=CC1. The molecule has 0 heterocycles. The van der Waals surface area contributed by atoms with Crippen LogP contribution in [-0.2, 0) is 0 Å². The lowest BCUT2D eigenvalue weighted by Gasteiger charge is -1.99. The molecular formula is C10H14. The molecule has 0 radical (unpaired) electrons. The summed E-state index contributed by atoms with van der Waals surface area (Å²) in [4.78, 5) is 0. The van der Waals surface area contributed by atoms with Crippen LogP contribution in [0, 0.1) is 5.92 Å². The second kappa shape index (κ2) is 4.10. The molecule has 0 aromatic rings. The summed E-state index contributed by atoms with van der Waals surface area (Å²) < 4.78 is 0. The lowest BCUT2D eigenvalue weighted by atomic mass is 10.1. The van der Waals surface area contributed by atoms with E-state index in [2.05, 4.69) is 43.4 Å². The standard InChI is InChI=1S/C10H14/c1-2-7-10-8-5-3-4-6-9-10/h2-3,5-7,9-10H,4,8H2,1H3/b7-2+. The van der Waals surface area contributed by atoms with Crippen LogP contribution in [0.25, 0.3) is 0 Å². The summed E-state index contributed by atoms with van der Waals surface area (Å²) in [5, 5.41) is 0. The molecule has 0 spiro atoms. The van der Waals surface area contributed by atoms with Gasteiger partial charge in [-0.3, -0.25) is 0 Å². The maximum Gasteiger partial charge on any atom is -0.00190 e. The Hall–Kier alpha value is -0.780. The van der Waals surface area contributed by atoms with Crippen LogP contribution in [0.15, 0.2) is 36.5 Å². The highest BCUT2D eigenvalue weighted by Crippen LogP contribution is 2.12. The highest BCUT2D eigenvalue weighted by Gasteiger charge is 1.97. The van der Waals surface area contributed by atoms with Gasteiger partial charge in [0, 0.05) is 0 Å². The zero-order chi connectivity index (χ0) is 7.23. The lowest BCUT2D eigenvalue weighted by molar-refractivity contribution is 0.834. The van der Waals surface area contributed by atoms with Gasteiger partial charge >= 0.3 is 0 Å². The molecular weight excluding hydrogens is 120 g/mol. The van der Waals surface area contributed by atoms with E-state index < -0.39 is 0 Å². The molecule has 1 unspecified atom stereocenters. The molecule has 0 bridgehead atoms. The van der Waals surface area contributed by atoms with Crippen molar-refractivity contribution in [1.29, 1.82) is 0 Å². The molecule has 10 heavy (non-hydrogen) atoms. The Morgan fingerprint density at radius 3 is 3.00 bits per heavy atom. The molecule has 0 amide bonds. The number of hydrogen-bond acceptors (Lipinski definition) is 0. The molecule has 1 atom stereocenters. The Bertz CT molecular complexity index is 161. The van der Waals surface area contributed by atoms with Gasteiger partial charge in [-0.25, -0.2) is 0 Å². The van der Waals surface area contributed by atoms with E-state index in [4.69, 9.17) is 0 Å². The third-order valence-electron chi connectivity index (χ3n) is 1.67. The summed E-state index contributed by atoms with van der Waals surface area (Å²) in [7, 11) is 0. The first-order valence-electron chi connectivity index (χ1n) is 3.88.